The minimum absolute atomic E-state index is 0.178. The van der Waals surface area contributed by atoms with Crippen LogP contribution in [0.25, 0.3) is 0 Å². The molecule has 0 spiro atoms. The molecule has 2 heterocycles. The highest BCUT2D eigenvalue weighted by molar-refractivity contribution is 5.47. The van der Waals surface area contributed by atoms with Gasteiger partial charge in [0, 0.05) is 32.4 Å². The first-order chi connectivity index (χ1) is 7.57. The van der Waals surface area contributed by atoms with E-state index in [0.29, 0.717) is 0 Å². The minimum atomic E-state index is 0.178. The molecule has 0 aliphatic carbocycles. The third-order valence-corrected chi connectivity index (χ3v) is 3.07. The van der Waals surface area contributed by atoms with Crippen molar-refractivity contribution in [2.45, 2.75) is 26.2 Å². The van der Waals surface area contributed by atoms with Crippen molar-refractivity contribution >= 4 is 5.69 Å². The van der Waals surface area contributed by atoms with E-state index in [0.717, 1.165) is 26.2 Å². The van der Waals surface area contributed by atoms with E-state index in [1.54, 1.807) is 0 Å². The van der Waals surface area contributed by atoms with Gasteiger partial charge in [-0.25, -0.2) is 0 Å². The number of pyridine rings is 1. The van der Waals surface area contributed by atoms with Gasteiger partial charge in [-0.05, 0) is 17.0 Å². The number of rotatable bonds is 1. The third kappa shape index (κ3) is 2.53. The molecule has 1 aromatic heterocycles. The smallest absolute Gasteiger partial charge is 0.0556 e. The maximum absolute atomic E-state index is 4.36. The number of aromatic nitrogens is 1. The Kier molecular flexibility index (Phi) is 3.15. The average Bonchev–Trinajstić information content (AvgIpc) is 2.29. The van der Waals surface area contributed by atoms with Crippen molar-refractivity contribution in [3.63, 3.8) is 0 Å². The van der Waals surface area contributed by atoms with E-state index in [4.69, 9.17) is 0 Å². The van der Waals surface area contributed by atoms with Gasteiger partial charge in [0.25, 0.3) is 0 Å². The highest BCUT2D eigenvalue weighted by Crippen LogP contribution is 2.25. The van der Waals surface area contributed by atoms with Gasteiger partial charge in [-0.2, -0.15) is 0 Å². The molecule has 0 radical (unpaired) electrons. The number of nitrogens with one attached hydrogen (secondary N) is 1. The van der Waals surface area contributed by atoms with Gasteiger partial charge in [0.05, 0.1) is 11.9 Å². The van der Waals surface area contributed by atoms with E-state index >= 15 is 0 Å². The summed E-state index contributed by atoms with van der Waals surface area (Å²) in [6, 6.07) is 2.28. The topological polar surface area (TPSA) is 28.2 Å². The van der Waals surface area contributed by atoms with Crippen LogP contribution in [0.2, 0.25) is 0 Å². The molecule has 0 saturated carbocycles. The second-order valence-electron chi connectivity index (χ2n) is 5.42. The standard InChI is InChI=1S/C13H21N3/c1-13(2,3)11-8-12(10-15-9-11)16-6-4-14-5-7-16/h8-10,14H,4-7H2,1-3H3. The first-order valence-electron chi connectivity index (χ1n) is 5.98. The Balaban J connectivity index is 2.21. The van der Waals surface area contributed by atoms with Crippen LogP contribution in [0.4, 0.5) is 5.69 Å². The SMILES string of the molecule is CC(C)(C)c1cncc(N2CCNCC2)c1. The Labute approximate surface area is 97.9 Å². The third-order valence-electron chi connectivity index (χ3n) is 3.07. The lowest BCUT2D eigenvalue weighted by Crippen LogP contribution is -2.43. The molecule has 0 unspecified atom stereocenters. The molecule has 88 valence electrons. The zero-order valence-electron chi connectivity index (χ0n) is 10.5. The summed E-state index contributed by atoms with van der Waals surface area (Å²) in [6.07, 6.45) is 3.95. The van der Waals surface area contributed by atoms with E-state index in [1.807, 2.05) is 12.4 Å². The van der Waals surface area contributed by atoms with Gasteiger partial charge in [0.1, 0.15) is 0 Å². The van der Waals surface area contributed by atoms with Crippen LogP contribution in [0.15, 0.2) is 18.5 Å². The molecule has 3 nitrogen and oxygen atoms in total. The maximum Gasteiger partial charge on any atom is 0.0556 e. The summed E-state index contributed by atoms with van der Waals surface area (Å²) >= 11 is 0. The monoisotopic (exact) mass is 219 g/mol. The van der Waals surface area contributed by atoms with Crippen LogP contribution in [0.1, 0.15) is 26.3 Å². The Morgan fingerprint density at radius 1 is 1.19 bits per heavy atom. The molecule has 1 aliphatic heterocycles. The van der Waals surface area contributed by atoms with Crippen molar-refractivity contribution in [3.8, 4) is 0 Å². The fourth-order valence-electron chi connectivity index (χ4n) is 1.93. The van der Waals surface area contributed by atoms with E-state index in [9.17, 15) is 0 Å². The summed E-state index contributed by atoms with van der Waals surface area (Å²) in [5.74, 6) is 0. The first-order valence-corrected chi connectivity index (χ1v) is 5.98. The number of nitrogens with zero attached hydrogens (tertiary/aromatic N) is 2. The molecule has 0 bridgehead atoms. The molecule has 0 amide bonds. The van der Waals surface area contributed by atoms with E-state index in [2.05, 4.69) is 42.0 Å². The van der Waals surface area contributed by atoms with E-state index in [-0.39, 0.29) is 5.41 Å². The van der Waals surface area contributed by atoms with Crippen LogP contribution < -0.4 is 10.2 Å². The van der Waals surface area contributed by atoms with Crippen molar-refractivity contribution in [2.75, 3.05) is 31.1 Å². The van der Waals surface area contributed by atoms with Gasteiger partial charge in [-0.15, -0.1) is 0 Å². The molecular formula is C13H21N3. The van der Waals surface area contributed by atoms with E-state index < -0.39 is 0 Å². The van der Waals surface area contributed by atoms with Crippen molar-refractivity contribution in [1.29, 1.82) is 0 Å². The van der Waals surface area contributed by atoms with Crippen molar-refractivity contribution in [2.24, 2.45) is 0 Å². The molecule has 16 heavy (non-hydrogen) atoms. The molecule has 1 saturated heterocycles. The number of hydrogen-bond acceptors (Lipinski definition) is 3. The Hall–Kier alpha value is -1.09. The summed E-state index contributed by atoms with van der Waals surface area (Å²) in [6.45, 7) is 11.0. The average molecular weight is 219 g/mol. The van der Waals surface area contributed by atoms with Crippen LogP contribution in [-0.4, -0.2) is 31.2 Å². The highest BCUT2D eigenvalue weighted by atomic mass is 15.2. The lowest BCUT2D eigenvalue weighted by Gasteiger charge is -2.30. The quantitative estimate of drug-likeness (QED) is 0.780. The zero-order chi connectivity index (χ0) is 11.6. The predicted octanol–water partition coefficient (Wildman–Crippen LogP) is 1.79. The van der Waals surface area contributed by atoms with Crippen molar-refractivity contribution in [1.82, 2.24) is 10.3 Å². The molecule has 1 aromatic rings. The van der Waals surface area contributed by atoms with Crippen LogP contribution in [0.3, 0.4) is 0 Å². The Morgan fingerprint density at radius 3 is 2.50 bits per heavy atom. The fraction of sp³-hybridized carbons (Fsp3) is 0.615. The van der Waals surface area contributed by atoms with Gasteiger partial charge in [0.2, 0.25) is 0 Å². The second-order valence-corrected chi connectivity index (χ2v) is 5.42. The molecular weight excluding hydrogens is 198 g/mol. The highest BCUT2D eigenvalue weighted by Gasteiger charge is 2.17. The van der Waals surface area contributed by atoms with Crippen LogP contribution in [0.5, 0.6) is 0 Å². The van der Waals surface area contributed by atoms with Gasteiger partial charge in [-0.3, -0.25) is 4.98 Å². The zero-order valence-corrected chi connectivity index (χ0v) is 10.5. The van der Waals surface area contributed by atoms with Crippen LogP contribution in [-0.2, 0) is 5.41 Å². The van der Waals surface area contributed by atoms with E-state index in [1.165, 1.54) is 11.3 Å². The maximum atomic E-state index is 4.36. The molecule has 2 rings (SSSR count). The number of anilines is 1. The second kappa shape index (κ2) is 4.42. The normalized spacial score (nSPS) is 17.6. The van der Waals surface area contributed by atoms with Gasteiger partial charge in [0.15, 0.2) is 0 Å². The van der Waals surface area contributed by atoms with Crippen LogP contribution >= 0.6 is 0 Å². The van der Waals surface area contributed by atoms with Gasteiger partial charge >= 0.3 is 0 Å². The lowest BCUT2D eigenvalue weighted by atomic mass is 9.88. The van der Waals surface area contributed by atoms with Gasteiger partial charge < -0.3 is 10.2 Å². The summed E-state index contributed by atoms with van der Waals surface area (Å²) in [7, 11) is 0. The Morgan fingerprint density at radius 2 is 1.88 bits per heavy atom. The Bertz CT molecular complexity index is 348. The van der Waals surface area contributed by atoms with Crippen molar-refractivity contribution in [3.05, 3.63) is 24.0 Å². The summed E-state index contributed by atoms with van der Waals surface area (Å²) in [5, 5.41) is 3.37. The molecule has 1 aliphatic rings. The predicted molar refractivity (Wildman–Crippen MR) is 68.0 cm³/mol. The molecule has 3 heteroatoms. The number of hydrogen-bond donors (Lipinski definition) is 1. The van der Waals surface area contributed by atoms with Gasteiger partial charge in [-0.1, -0.05) is 20.8 Å². The molecule has 0 aromatic carbocycles. The minimum Gasteiger partial charge on any atom is -0.368 e. The largest absolute Gasteiger partial charge is 0.368 e. The summed E-state index contributed by atoms with van der Waals surface area (Å²) in [4.78, 5) is 6.77. The summed E-state index contributed by atoms with van der Waals surface area (Å²) in [5.41, 5.74) is 2.74. The lowest BCUT2D eigenvalue weighted by molar-refractivity contribution is 0.577. The fourth-order valence-corrected chi connectivity index (χ4v) is 1.93. The van der Waals surface area contributed by atoms with Crippen LogP contribution in [0, 0.1) is 0 Å². The molecule has 1 N–H and O–H groups in total. The molecule has 0 atom stereocenters. The summed E-state index contributed by atoms with van der Waals surface area (Å²) < 4.78 is 0. The molecule has 1 fully saturated rings. The number of piperazine rings is 1. The van der Waals surface area contributed by atoms with Crippen molar-refractivity contribution < 1.29 is 0 Å². The first kappa shape index (κ1) is 11.4.